The van der Waals surface area contributed by atoms with Crippen molar-refractivity contribution >= 4 is 0 Å². The minimum absolute atomic E-state index is 0.643. The van der Waals surface area contributed by atoms with Crippen LogP contribution >= 0.6 is 0 Å². The highest BCUT2D eigenvalue weighted by Gasteiger charge is 2.24. The Hall–Kier alpha value is -0.860. The molecule has 0 amide bonds. The van der Waals surface area contributed by atoms with Gasteiger partial charge in [0, 0.05) is 19.1 Å². The molecular formula is C16H26N2. The second-order valence-corrected chi connectivity index (χ2v) is 5.72. The Morgan fingerprint density at radius 3 is 2.50 bits per heavy atom. The Kier molecular flexibility index (Phi) is 4.79. The zero-order valence-corrected chi connectivity index (χ0v) is 11.7. The lowest BCUT2D eigenvalue weighted by Crippen LogP contribution is -2.38. The zero-order chi connectivity index (χ0) is 13.0. The lowest BCUT2D eigenvalue weighted by Gasteiger charge is -2.36. The molecule has 1 saturated carbocycles. The lowest BCUT2D eigenvalue weighted by atomic mass is 9.85. The van der Waals surface area contributed by atoms with Gasteiger partial charge in [0.25, 0.3) is 0 Å². The van der Waals surface area contributed by atoms with Crippen molar-refractivity contribution in [2.45, 2.75) is 51.7 Å². The van der Waals surface area contributed by atoms with Gasteiger partial charge >= 0.3 is 0 Å². The largest absolute Gasteiger partial charge is 0.326 e. The van der Waals surface area contributed by atoms with E-state index in [2.05, 4.69) is 43.1 Å². The first-order chi connectivity index (χ1) is 8.72. The fourth-order valence-corrected chi connectivity index (χ4v) is 3.25. The minimum Gasteiger partial charge on any atom is -0.326 e. The SMILES string of the molecule is CC1CCCCC1N(C)Cc1ccccc1CN. The Balaban J connectivity index is 2.03. The molecule has 18 heavy (non-hydrogen) atoms. The molecule has 0 saturated heterocycles. The molecular weight excluding hydrogens is 220 g/mol. The Labute approximate surface area is 111 Å². The fraction of sp³-hybridized carbons (Fsp3) is 0.625. The quantitative estimate of drug-likeness (QED) is 0.884. The van der Waals surface area contributed by atoms with Crippen LogP contribution in [0.3, 0.4) is 0 Å². The fourth-order valence-electron chi connectivity index (χ4n) is 3.25. The molecule has 2 N–H and O–H groups in total. The third-order valence-electron chi connectivity index (χ3n) is 4.39. The van der Waals surface area contributed by atoms with Gasteiger partial charge in [-0.25, -0.2) is 0 Å². The molecule has 2 atom stereocenters. The Bertz CT molecular complexity index is 375. The van der Waals surface area contributed by atoms with E-state index in [1.165, 1.54) is 36.8 Å². The van der Waals surface area contributed by atoms with Crippen molar-refractivity contribution in [2.24, 2.45) is 11.7 Å². The van der Waals surface area contributed by atoms with Crippen LogP contribution in [0.1, 0.15) is 43.7 Å². The van der Waals surface area contributed by atoms with Crippen LogP contribution in [0.4, 0.5) is 0 Å². The Morgan fingerprint density at radius 2 is 1.83 bits per heavy atom. The highest BCUT2D eigenvalue weighted by atomic mass is 15.1. The van der Waals surface area contributed by atoms with Crippen LogP contribution in [0.25, 0.3) is 0 Å². The number of nitrogens with zero attached hydrogens (tertiary/aromatic N) is 1. The third kappa shape index (κ3) is 3.12. The van der Waals surface area contributed by atoms with Gasteiger partial charge in [-0.1, -0.05) is 44.0 Å². The molecule has 1 aliphatic rings. The second kappa shape index (κ2) is 6.35. The average Bonchev–Trinajstić information content (AvgIpc) is 2.39. The van der Waals surface area contributed by atoms with E-state index in [1.54, 1.807) is 0 Å². The summed E-state index contributed by atoms with van der Waals surface area (Å²) >= 11 is 0. The van der Waals surface area contributed by atoms with Gasteiger partial charge in [-0.3, -0.25) is 4.90 Å². The standard InChI is InChI=1S/C16H26N2/c1-13-7-3-6-10-16(13)18(2)12-15-9-5-4-8-14(15)11-17/h4-5,8-9,13,16H,3,6-7,10-12,17H2,1-2H3. The van der Waals surface area contributed by atoms with E-state index in [0.29, 0.717) is 6.54 Å². The van der Waals surface area contributed by atoms with Crippen LogP contribution in [0, 0.1) is 5.92 Å². The predicted octanol–water partition coefficient (Wildman–Crippen LogP) is 3.16. The topological polar surface area (TPSA) is 29.3 Å². The first-order valence-corrected chi connectivity index (χ1v) is 7.19. The van der Waals surface area contributed by atoms with Crippen molar-refractivity contribution in [3.63, 3.8) is 0 Å². The van der Waals surface area contributed by atoms with E-state index >= 15 is 0 Å². The predicted molar refractivity (Wildman–Crippen MR) is 77.2 cm³/mol. The minimum atomic E-state index is 0.643. The van der Waals surface area contributed by atoms with E-state index in [4.69, 9.17) is 5.73 Å². The van der Waals surface area contributed by atoms with E-state index in [1.807, 2.05) is 0 Å². The van der Waals surface area contributed by atoms with Gasteiger partial charge in [0.2, 0.25) is 0 Å². The smallest absolute Gasteiger partial charge is 0.0236 e. The molecule has 0 aromatic heterocycles. The molecule has 0 heterocycles. The van der Waals surface area contributed by atoms with Gasteiger partial charge in [0.15, 0.2) is 0 Å². The maximum atomic E-state index is 5.81. The number of hydrogen-bond donors (Lipinski definition) is 1. The first-order valence-electron chi connectivity index (χ1n) is 7.19. The Morgan fingerprint density at radius 1 is 1.17 bits per heavy atom. The highest BCUT2D eigenvalue weighted by molar-refractivity contribution is 5.26. The molecule has 0 radical (unpaired) electrons. The van der Waals surface area contributed by atoms with Crippen molar-refractivity contribution in [3.05, 3.63) is 35.4 Å². The van der Waals surface area contributed by atoms with E-state index in [-0.39, 0.29) is 0 Å². The molecule has 1 aromatic carbocycles. The van der Waals surface area contributed by atoms with Crippen LogP contribution in [-0.4, -0.2) is 18.0 Å². The zero-order valence-electron chi connectivity index (χ0n) is 11.7. The molecule has 1 fully saturated rings. The molecule has 2 rings (SSSR count). The number of rotatable bonds is 4. The van der Waals surface area contributed by atoms with E-state index < -0.39 is 0 Å². The summed E-state index contributed by atoms with van der Waals surface area (Å²) in [6.07, 6.45) is 5.53. The third-order valence-corrected chi connectivity index (χ3v) is 4.39. The summed E-state index contributed by atoms with van der Waals surface area (Å²) in [6, 6.07) is 9.30. The summed E-state index contributed by atoms with van der Waals surface area (Å²) in [4.78, 5) is 2.53. The van der Waals surface area contributed by atoms with Gasteiger partial charge in [-0.05, 0) is 36.9 Å². The van der Waals surface area contributed by atoms with E-state index in [0.717, 1.165) is 18.5 Å². The molecule has 0 aliphatic heterocycles. The molecule has 2 heteroatoms. The summed E-state index contributed by atoms with van der Waals surface area (Å²) in [5.41, 5.74) is 8.49. The normalized spacial score (nSPS) is 24.4. The van der Waals surface area contributed by atoms with Gasteiger partial charge in [0.1, 0.15) is 0 Å². The van der Waals surface area contributed by atoms with Crippen LogP contribution in [-0.2, 0) is 13.1 Å². The molecule has 0 bridgehead atoms. The van der Waals surface area contributed by atoms with Crippen molar-refractivity contribution in [1.29, 1.82) is 0 Å². The molecule has 1 aliphatic carbocycles. The van der Waals surface area contributed by atoms with Gasteiger partial charge in [0.05, 0.1) is 0 Å². The van der Waals surface area contributed by atoms with E-state index in [9.17, 15) is 0 Å². The number of nitrogens with two attached hydrogens (primary N) is 1. The number of benzene rings is 1. The highest BCUT2D eigenvalue weighted by Crippen LogP contribution is 2.28. The van der Waals surface area contributed by atoms with Crippen LogP contribution in [0.2, 0.25) is 0 Å². The molecule has 0 spiro atoms. The van der Waals surface area contributed by atoms with Crippen LogP contribution in [0.15, 0.2) is 24.3 Å². The summed E-state index contributed by atoms with van der Waals surface area (Å²) in [5.74, 6) is 0.828. The van der Waals surface area contributed by atoms with Gasteiger partial charge in [-0.2, -0.15) is 0 Å². The second-order valence-electron chi connectivity index (χ2n) is 5.72. The first kappa shape index (κ1) is 13.6. The monoisotopic (exact) mass is 246 g/mol. The van der Waals surface area contributed by atoms with Crippen molar-refractivity contribution in [3.8, 4) is 0 Å². The van der Waals surface area contributed by atoms with Gasteiger partial charge in [-0.15, -0.1) is 0 Å². The average molecular weight is 246 g/mol. The maximum absolute atomic E-state index is 5.81. The van der Waals surface area contributed by atoms with Crippen molar-refractivity contribution in [1.82, 2.24) is 4.90 Å². The number of hydrogen-bond acceptors (Lipinski definition) is 2. The summed E-state index contributed by atoms with van der Waals surface area (Å²) < 4.78 is 0. The lowest BCUT2D eigenvalue weighted by molar-refractivity contribution is 0.133. The van der Waals surface area contributed by atoms with Gasteiger partial charge < -0.3 is 5.73 Å². The summed E-state index contributed by atoms with van der Waals surface area (Å²) in [5, 5.41) is 0. The summed E-state index contributed by atoms with van der Waals surface area (Å²) in [6.45, 7) is 4.07. The molecule has 100 valence electrons. The maximum Gasteiger partial charge on any atom is 0.0236 e. The van der Waals surface area contributed by atoms with Crippen molar-refractivity contribution in [2.75, 3.05) is 7.05 Å². The van der Waals surface area contributed by atoms with Crippen LogP contribution in [0.5, 0.6) is 0 Å². The molecule has 2 nitrogen and oxygen atoms in total. The summed E-state index contributed by atoms with van der Waals surface area (Å²) in [7, 11) is 2.26. The van der Waals surface area contributed by atoms with Crippen LogP contribution < -0.4 is 5.73 Å². The molecule has 2 unspecified atom stereocenters. The molecule has 1 aromatic rings. The van der Waals surface area contributed by atoms with Crippen molar-refractivity contribution < 1.29 is 0 Å².